The van der Waals surface area contributed by atoms with E-state index in [9.17, 15) is 4.79 Å². The summed E-state index contributed by atoms with van der Waals surface area (Å²) in [5.74, 6) is 2.31. The fourth-order valence-corrected chi connectivity index (χ4v) is 3.03. The van der Waals surface area contributed by atoms with E-state index in [2.05, 4.69) is 41.7 Å². The number of nitrogens with one attached hydrogen (secondary N) is 1. The molecule has 0 aliphatic carbocycles. The summed E-state index contributed by atoms with van der Waals surface area (Å²) in [7, 11) is 3.17. The Morgan fingerprint density at radius 2 is 1.77 bits per heavy atom. The maximum atomic E-state index is 12.0. The van der Waals surface area contributed by atoms with Crippen LogP contribution in [0.3, 0.4) is 0 Å². The fraction of sp³-hybridized carbons (Fsp3) is 0.300. The molecule has 0 atom stereocenters. The lowest BCUT2D eigenvalue weighted by molar-refractivity contribution is -0.118. The van der Waals surface area contributed by atoms with Crippen molar-refractivity contribution >= 4 is 23.4 Å². The molecule has 0 aromatic heterocycles. The molecule has 1 N–H and O–H groups in total. The number of methoxy groups -OCH3 is 2. The third kappa shape index (κ3) is 5.81. The molecular formula is C20H24N2O3S. The molecule has 0 unspecified atom stereocenters. The van der Waals surface area contributed by atoms with Crippen molar-refractivity contribution in [2.75, 3.05) is 20.0 Å². The molecule has 0 fully saturated rings. The fourth-order valence-electron chi connectivity index (χ4n) is 2.25. The van der Waals surface area contributed by atoms with Crippen LogP contribution in [0.5, 0.6) is 11.5 Å². The van der Waals surface area contributed by atoms with Gasteiger partial charge in [-0.2, -0.15) is 5.10 Å². The molecule has 138 valence electrons. The number of amides is 1. The maximum absolute atomic E-state index is 12.0. The SMILES string of the molecule is COc1ccc(/C(C)=N\NC(=O)CSCc2ccc(C)cc2)cc1OC. The van der Waals surface area contributed by atoms with E-state index < -0.39 is 0 Å². The van der Waals surface area contributed by atoms with Gasteiger partial charge in [-0.15, -0.1) is 11.8 Å². The van der Waals surface area contributed by atoms with Gasteiger partial charge in [0.2, 0.25) is 5.91 Å². The van der Waals surface area contributed by atoms with Crippen LogP contribution in [0.15, 0.2) is 47.6 Å². The Morgan fingerprint density at radius 3 is 2.42 bits per heavy atom. The van der Waals surface area contributed by atoms with Crippen LogP contribution in [0.2, 0.25) is 0 Å². The van der Waals surface area contributed by atoms with Gasteiger partial charge < -0.3 is 9.47 Å². The molecular weight excluding hydrogens is 348 g/mol. The first-order valence-corrected chi connectivity index (χ1v) is 9.37. The Hall–Kier alpha value is -2.47. The van der Waals surface area contributed by atoms with E-state index in [-0.39, 0.29) is 5.91 Å². The van der Waals surface area contributed by atoms with E-state index in [4.69, 9.17) is 9.47 Å². The Balaban J connectivity index is 1.85. The van der Waals surface area contributed by atoms with E-state index in [1.54, 1.807) is 26.0 Å². The van der Waals surface area contributed by atoms with Crippen LogP contribution in [0.4, 0.5) is 0 Å². The molecule has 0 bridgehead atoms. The van der Waals surface area contributed by atoms with Crippen LogP contribution >= 0.6 is 11.8 Å². The van der Waals surface area contributed by atoms with Crippen molar-refractivity contribution in [3.8, 4) is 11.5 Å². The lowest BCUT2D eigenvalue weighted by Crippen LogP contribution is -2.21. The minimum Gasteiger partial charge on any atom is -0.493 e. The molecule has 6 heteroatoms. The molecule has 5 nitrogen and oxygen atoms in total. The number of benzene rings is 2. The van der Waals surface area contributed by atoms with Gasteiger partial charge in [0.05, 0.1) is 25.7 Å². The molecule has 2 aromatic rings. The van der Waals surface area contributed by atoms with E-state index >= 15 is 0 Å². The van der Waals surface area contributed by atoms with Crippen molar-refractivity contribution in [3.63, 3.8) is 0 Å². The molecule has 2 aromatic carbocycles. The highest BCUT2D eigenvalue weighted by molar-refractivity contribution is 7.99. The van der Waals surface area contributed by atoms with Crippen LogP contribution < -0.4 is 14.9 Å². The zero-order valence-corrected chi connectivity index (χ0v) is 16.4. The largest absolute Gasteiger partial charge is 0.493 e. The van der Waals surface area contributed by atoms with Crippen molar-refractivity contribution in [1.82, 2.24) is 5.43 Å². The zero-order chi connectivity index (χ0) is 18.9. The first-order chi connectivity index (χ1) is 12.5. The predicted molar refractivity (Wildman–Crippen MR) is 107 cm³/mol. The average Bonchev–Trinajstić information content (AvgIpc) is 2.67. The molecule has 0 spiro atoms. The van der Waals surface area contributed by atoms with Crippen molar-refractivity contribution in [2.45, 2.75) is 19.6 Å². The number of hydrazone groups is 1. The summed E-state index contributed by atoms with van der Waals surface area (Å²) in [6.07, 6.45) is 0. The van der Waals surface area contributed by atoms with Crippen molar-refractivity contribution in [2.24, 2.45) is 5.10 Å². The second-order valence-corrected chi connectivity index (χ2v) is 6.77. The van der Waals surface area contributed by atoms with Gasteiger partial charge in [-0.25, -0.2) is 5.43 Å². The van der Waals surface area contributed by atoms with Crippen molar-refractivity contribution in [1.29, 1.82) is 0 Å². The second kappa shape index (κ2) is 9.87. The Labute approximate surface area is 158 Å². The molecule has 0 saturated heterocycles. The van der Waals surface area contributed by atoms with E-state index in [0.717, 1.165) is 11.3 Å². The van der Waals surface area contributed by atoms with Crippen LogP contribution in [0, 0.1) is 6.92 Å². The highest BCUT2D eigenvalue weighted by atomic mass is 32.2. The Kier molecular flexibility index (Phi) is 7.53. The Morgan fingerprint density at radius 1 is 1.08 bits per heavy atom. The smallest absolute Gasteiger partial charge is 0.250 e. The number of nitrogens with zero attached hydrogens (tertiary/aromatic N) is 1. The number of rotatable bonds is 8. The number of aryl methyl sites for hydroxylation is 1. The zero-order valence-electron chi connectivity index (χ0n) is 15.5. The van der Waals surface area contributed by atoms with Gasteiger partial charge >= 0.3 is 0 Å². The average molecular weight is 372 g/mol. The van der Waals surface area contributed by atoms with E-state index in [1.165, 1.54) is 11.1 Å². The molecule has 0 radical (unpaired) electrons. The normalized spacial score (nSPS) is 11.2. The first kappa shape index (κ1) is 19.8. The summed E-state index contributed by atoms with van der Waals surface area (Å²) in [5, 5.41) is 4.17. The minimum absolute atomic E-state index is 0.123. The predicted octanol–water partition coefficient (Wildman–Crippen LogP) is 3.79. The number of hydrogen-bond acceptors (Lipinski definition) is 5. The van der Waals surface area contributed by atoms with E-state index in [1.807, 2.05) is 25.1 Å². The third-order valence-corrected chi connectivity index (χ3v) is 4.78. The summed E-state index contributed by atoms with van der Waals surface area (Å²) in [4.78, 5) is 12.0. The van der Waals surface area contributed by atoms with Crippen molar-refractivity contribution in [3.05, 3.63) is 59.2 Å². The lowest BCUT2D eigenvalue weighted by Gasteiger charge is -2.09. The number of thioether (sulfide) groups is 1. The van der Waals surface area contributed by atoms with Gasteiger partial charge in [-0.1, -0.05) is 29.8 Å². The first-order valence-electron chi connectivity index (χ1n) is 8.22. The van der Waals surface area contributed by atoms with Gasteiger partial charge in [0, 0.05) is 11.3 Å². The quantitative estimate of drug-likeness (QED) is 0.566. The van der Waals surface area contributed by atoms with Gasteiger partial charge in [-0.05, 0) is 37.6 Å². The van der Waals surface area contributed by atoms with Crippen LogP contribution in [0.25, 0.3) is 0 Å². The van der Waals surface area contributed by atoms with Crippen LogP contribution in [0.1, 0.15) is 23.6 Å². The van der Waals surface area contributed by atoms with Gasteiger partial charge in [0.15, 0.2) is 11.5 Å². The third-order valence-electron chi connectivity index (χ3n) is 3.77. The maximum Gasteiger partial charge on any atom is 0.250 e. The van der Waals surface area contributed by atoms with Crippen LogP contribution in [-0.4, -0.2) is 31.6 Å². The molecule has 0 aliphatic heterocycles. The minimum atomic E-state index is -0.123. The molecule has 0 heterocycles. The summed E-state index contributed by atoms with van der Waals surface area (Å²) >= 11 is 1.56. The molecule has 0 saturated carbocycles. The van der Waals surface area contributed by atoms with Gasteiger partial charge in [0.25, 0.3) is 0 Å². The number of carbonyl (C=O) groups is 1. The van der Waals surface area contributed by atoms with E-state index in [0.29, 0.717) is 23.0 Å². The summed E-state index contributed by atoms with van der Waals surface area (Å²) in [5.41, 5.74) is 6.59. The Bertz CT molecular complexity index is 773. The summed E-state index contributed by atoms with van der Waals surface area (Å²) in [6, 6.07) is 13.8. The molecule has 2 rings (SSSR count). The number of carbonyl (C=O) groups excluding carboxylic acids is 1. The standard InChI is InChI=1S/C20H24N2O3S/c1-14-5-7-16(8-6-14)12-26-13-20(23)22-21-15(2)17-9-10-18(24-3)19(11-17)25-4/h5-11H,12-13H2,1-4H3,(H,22,23)/b21-15-. The van der Waals surface area contributed by atoms with Gasteiger partial charge in [-0.3, -0.25) is 4.79 Å². The number of ether oxygens (including phenoxy) is 2. The van der Waals surface area contributed by atoms with Crippen LogP contribution in [-0.2, 0) is 10.5 Å². The number of hydrogen-bond donors (Lipinski definition) is 1. The molecule has 1 amide bonds. The van der Waals surface area contributed by atoms with Gasteiger partial charge in [0.1, 0.15) is 0 Å². The topological polar surface area (TPSA) is 59.9 Å². The molecule has 26 heavy (non-hydrogen) atoms. The highest BCUT2D eigenvalue weighted by Crippen LogP contribution is 2.27. The highest BCUT2D eigenvalue weighted by Gasteiger charge is 2.07. The van der Waals surface area contributed by atoms with Crippen molar-refractivity contribution < 1.29 is 14.3 Å². The molecule has 0 aliphatic rings. The lowest BCUT2D eigenvalue weighted by atomic mass is 10.1. The summed E-state index contributed by atoms with van der Waals surface area (Å²) < 4.78 is 10.5. The monoisotopic (exact) mass is 372 g/mol. The summed E-state index contributed by atoms with van der Waals surface area (Å²) in [6.45, 7) is 3.89. The second-order valence-electron chi connectivity index (χ2n) is 5.78.